The number of carboxylic acid groups (broad SMARTS) is 1. The van der Waals surface area contributed by atoms with Crippen LogP contribution in [0.2, 0.25) is 0 Å². The van der Waals surface area contributed by atoms with Crippen LogP contribution in [0.3, 0.4) is 0 Å². The van der Waals surface area contributed by atoms with Crippen molar-refractivity contribution in [2.45, 2.75) is 32.4 Å². The molecule has 3 unspecified atom stereocenters. The monoisotopic (exact) mass is 201 g/mol. The molecule has 0 saturated carbocycles. The number of nitrogens with one attached hydrogen (secondary N) is 1. The average Bonchev–Trinajstić information content (AvgIpc) is 2.14. The Bertz CT molecular complexity index is 204. The fourth-order valence-electron chi connectivity index (χ4n) is 1.26. The predicted molar refractivity (Wildman–Crippen MR) is 55.1 cm³/mol. The van der Waals surface area contributed by atoms with Crippen LogP contribution in [0.5, 0.6) is 0 Å². The molecule has 0 aromatic rings. The van der Waals surface area contributed by atoms with Crippen molar-refractivity contribution in [1.82, 2.24) is 5.32 Å². The Kier molecular flexibility index (Phi) is 6.16. The van der Waals surface area contributed by atoms with Crippen molar-refractivity contribution in [3.63, 3.8) is 0 Å². The van der Waals surface area contributed by atoms with Gasteiger partial charge in [0.05, 0.1) is 6.10 Å². The molecule has 0 aliphatic heterocycles. The molecule has 0 aromatic carbocycles. The Hall–Kier alpha value is -0.870. The molecule has 3 N–H and O–H groups in total. The van der Waals surface area contributed by atoms with Gasteiger partial charge in [0.1, 0.15) is 6.04 Å². The van der Waals surface area contributed by atoms with Crippen LogP contribution in [0.4, 0.5) is 0 Å². The molecule has 0 saturated heterocycles. The number of aliphatic hydroxyl groups excluding tert-OH is 1. The van der Waals surface area contributed by atoms with E-state index in [4.69, 9.17) is 5.11 Å². The molecule has 0 bridgehead atoms. The smallest absolute Gasteiger partial charge is 0.323 e. The highest BCUT2D eigenvalue weighted by atomic mass is 16.4. The summed E-state index contributed by atoms with van der Waals surface area (Å²) >= 11 is 0. The van der Waals surface area contributed by atoms with E-state index in [1.165, 1.54) is 7.05 Å². The van der Waals surface area contributed by atoms with E-state index >= 15 is 0 Å². The molecule has 0 amide bonds. The van der Waals surface area contributed by atoms with Gasteiger partial charge in [-0.05, 0) is 26.3 Å². The van der Waals surface area contributed by atoms with E-state index in [1.54, 1.807) is 0 Å². The summed E-state index contributed by atoms with van der Waals surface area (Å²) in [5, 5.41) is 21.1. The van der Waals surface area contributed by atoms with Crippen LogP contribution in [-0.2, 0) is 4.79 Å². The van der Waals surface area contributed by atoms with Crippen molar-refractivity contribution in [2.24, 2.45) is 5.92 Å². The topological polar surface area (TPSA) is 69.6 Å². The van der Waals surface area contributed by atoms with Gasteiger partial charge in [0.25, 0.3) is 0 Å². The largest absolute Gasteiger partial charge is 0.480 e. The Morgan fingerprint density at radius 3 is 2.50 bits per heavy atom. The van der Waals surface area contributed by atoms with Gasteiger partial charge in [-0.2, -0.15) is 0 Å². The molecule has 0 fully saturated rings. The van der Waals surface area contributed by atoms with Crippen molar-refractivity contribution in [3.05, 3.63) is 12.2 Å². The van der Waals surface area contributed by atoms with Gasteiger partial charge in [-0.3, -0.25) is 4.79 Å². The third-order valence-electron chi connectivity index (χ3n) is 2.25. The molecular weight excluding hydrogens is 182 g/mol. The van der Waals surface area contributed by atoms with Gasteiger partial charge in [0.2, 0.25) is 0 Å². The third kappa shape index (κ3) is 3.89. The maximum absolute atomic E-state index is 10.7. The summed E-state index contributed by atoms with van der Waals surface area (Å²) < 4.78 is 0. The maximum Gasteiger partial charge on any atom is 0.323 e. The van der Waals surface area contributed by atoms with Crippen molar-refractivity contribution >= 4 is 5.97 Å². The number of carbonyl (C=O) groups is 1. The molecule has 0 rings (SSSR count). The lowest BCUT2D eigenvalue weighted by atomic mass is 9.95. The molecule has 4 heteroatoms. The summed E-state index contributed by atoms with van der Waals surface area (Å²) in [6.45, 7) is 3.73. The number of likely N-dealkylation sites (N-methyl/N-ethyl adjacent to an activating group) is 1. The standard InChI is InChI=1S/C10H19NO3/c1-4-5-6-7(2)9(12)8(11-3)10(13)14/h4-5,7-9,11-12H,6H2,1-3H3,(H,13,14). The Morgan fingerprint density at radius 2 is 2.14 bits per heavy atom. The van der Waals surface area contributed by atoms with E-state index in [0.29, 0.717) is 6.42 Å². The fourth-order valence-corrected chi connectivity index (χ4v) is 1.26. The first-order valence-electron chi connectivity index (χ1n) is 4.73. The molecule has 0 heterocycles. The van der Waals surface area contributed by atoms with Crippen LogP contribution in [0.25, 0.3) is 0 Å². The summed E-state index contributed by atoms with van der Waals surface area (Å²) in [5.41, 5.74) is 0. The third-order valence-corrected chi connectivity index (χ3v) is 2.25. The van der Waals surface area contributed by atoms with Crippen LogP contribution in [0.15, 0.2) is 12.2 Å². The molecule has 0 aromatic heterocycles. The van der Waals surface area contributed by atoms with Crippen molar-refractivity contribution in [3.8, 4) is 0 Å². The Morgan fingerprint density at radius 1 is 1.57 bits per heavy atom. The average molecular weight is 201 g/mol. The van der Waals surface area contributed by atoms with E-state index in [9.17, 15) is 9.90 Å². The molecule has 4 nitrogen and oxygen atoms in total. The fraction of sp³-hybridized carbons (Fsp3) is 0.700. The van der Waals surface area contributed by atoms with Crippen LogP contribution in [0.1, 0.15) is 20.3 Å². The molecule has 0 radical (unpaired) electrons. The van der Waals surface area contributed by atoms with E-state index in [1.807, 2.05) is 26.0 Å². The van der Waals surface area contributed by atoms with Gasteiger partial charge in [0, 0.05) is 0 Å². The van der Waals surface area contributed by atoms with Gasteiger partial charge in [-0.15, -0.1) is 0 Å². The highest BCUT2D eigenvalue weighted by molar-refractivity contribution is 5.74. The molecule has 82 valence electrons. The van der Waals surface area contributed by atoms with E-state index < -0.39 is 18.1 Å². The molecule has 0 aliphatic carbocycles. The summed E-state index contributed by atoms with van der Waals surface area (Å²) in [5.74, 6) is -1.09. The van der Waals surface area contributed by atoms with Crippen LogP contribution in [0, 0.1) is 5.92 Å². The van der Waals surface area contributed by atoms with Crippen LogP contribution < -0.4 is 5.32 Å². The van der Waals surface area contributed by atoms with Crippen molar-refractivity contribution < 1.29 is 15.0 Å². The predicted octanol–water partition coefficient (Wildman–Crippen LogP) is 0.622. The SMILES string of the molecule is CC=CCC(C)C(O)C(NC)C(=O)O. The molecule has 14 heavy (non-hydrogen) atoms. The molecular formula is C10H19NO3. The minimum Gasteiger partial charge on any atom is -0.480 e. The van der Waals surface area contributed by atoms with E-state index in [-0.39, 0.29) is 5.92 Å². The summed E-state index contributed by atoms with van der Waals surface area (Å²) in [6.07, 6.45) is 3.62. The lowest BCUT2D eigenvalue weighted by Crippen LogP contribution is -2.47. The minimum atomic E-state index is -1.02. The number of rotatable bonds is 6. The lowest BCUT2D eigenvalue weighted by Gasteiger charge is -2.23. The summed E-state index contributed by atoms with van der Waals surface area (Å²) in [6, 6.07) is -0.893. The van der Waals surface area contributed by atoms with Gasteiger partial charge in [-0.1, -0.05) is 19.1 Å². The number of aliphatic hydroxyl groups is 1. The van der Waals surface area contributed by atoms with Gasteiger partial charge in [0.15, 0.2) is 0 Å². The first-order valence-corrected chi connectivity index (χ1v) is 4.73. The highest BCUT2D eigenvalue weighted by Gasteiger charge is 2.28. The zero-order valence-corrected chi connectivity index (χ0v) is 8.90. The highest BCUT2D eigenvalue weighted by Crippen LogP contribution is 2.12. The first-order chi connectivity index (χ1) is 6.54. The summed E-state index contributed by atoms with van der Waals surface area (Å²) in [7, 11) is 1.53. The number of allylic oxidation sites excluding steroid dienone is 2. The Labute approximate surface area is 84.6 Å². The van der Waals surface area contributed by atoms with Crippen LogP contribution >= 0.6 is 0 Å². The second-order valence-corrected chi connectivity index (χ2v) is 3.38. The Balaban J connectivity index is 4.26. The van der Waals surface area contributed by atoms with Crippen molar-refractivity contribution in [1.29, 1.82) is 0 Å². The zero-order chi connectivity index (χ0) is 11.1. The minimum absolute atomic E-state index is 0.0697. The molecule has 3 atom stereocenters. The number of hydrogen-bond acceptors (Lipinski definition) is 3. The van der Waals surface area contributed by atoms with Gasteiger partial charge < -0.3 is 15.5 Å². The quantitative estimate of drug-likeness (QED) is 0.551. The van der Waals surface area contributed by atoms with Gasteiger partial charge in [-0.25, -0.2) is 0 Å². The zero-order valence-electron chi connectivity index (χ0n) is 8.90. The van der Waals surface area contributed by atoms with E-state index in [2.05, 4.69) is 5.32 Å². The second-order valence-electron chi connectivity index (χ2n) is 3.38. The first kappa shape index (κ1) is 13.1. The second kappa shape index (κ2) is 6.56. The van der Waals surface area contributed by atoms with Crippen molar-refractivity contribution in [2.75, 3.05) is 7.05 Å². The maximum atomic E-state index is 10.7. The normalized spacial score (nSPS) is 18.0. The van der Waals surface area contributed by atoms with Crippen LogP contribution in [-0.4, -0.2) is 35.4 Å². The lowest BCUT2D eigenvalue weighted by molar-refractivity contribution is -0.143. The van der Waals surface area contributed by atoms with E-state index in [0.717, 1.165) is 0 Å². The number of carboxylic acids is 1. The number of hydrogen-bond donors (Lipinski definition) is 3. The summed E-state index contributed by atoms with van der Waals surface area (Å²) in [4.78, 5) is 10.7. The number of aliphatic carboxylic acids is 1. The van der Waals surface area contributed by atoms with Gasteiger partial charge >= 0.3 is 5.97 Å². The molecule has 0 spiro atoms. The molecule has 0 aliphatic rings.